The SMILES string of the molecule is CC(C)(C)[Si](Oc1ccc2c(O)coc2c1)(c1ccccc1)c1ccccc1. The normalized spacial score (nSPS) is 12.2. The highest BCUT2D eigenvalue weighted by Gasteiger charge is 2.52. The Bertz CT molecular complexity index is 1040. The molecule has 1 N–H and O–H groups in total. The number of benzene rings is 3. The fourth-order valence-corrected chi connectivity index (χ4v) is 8.30. The third kappa shape index (κ3) is 3.00. The van der Waals surface area contributed by atoms with Crippen LogP contribution in [0.1, 0.15) is 20.8 Å². The molecule has 0 atom stereocenters. The van der Waals surface area contributed by atoms with E-state index in [1.165, 1.54) is 16.6 Å². The van der Waals surface area contributed by atoms with E-state index in [4.69, 9.17) is 8.84 Å². The Labute approximate surface area is 166 Å². The molecule has 3 aromatic carbocycles. The molecule has 0 unspecified atom stereocenters. The number of furan rings is 1. The third-order valence-corrected chi connectivity index (χ3v) is 10.2. The van der Waals surface area contributed by atoms with Crippen LogP contribution in [0.2, 0.25) is 5.04 Å². The summed E-state index contributed by atoms with van der Waals surface area (Å²) < 4.78 is 12.4. The lowest BCUT2D eigenvalue weighted by atomic mass is 10.2. The summed E-state index contributed by atoms with van der Waals surface area (Å²) in [6, 6.07) is 26.7. The van der Waals surface area contributed by atoms with Crippen molar-refractivity contribution in [1.29, 1.82) is 0 Å². The standard InChI is InChI=1S/C24H24O3Si/c1-24(2,3)28(19-10-6-4-7-11-19,20-12-8-5-9-13-20)27-18-14-15-21-22(25)17-26-23(21)16-18/h4-17,25H,1-3H3. The van der Waals surface area contributed by atoms with Crippen LogP contribution in [-0.2, 0) is 0 Å². The van der Waals surface area contributed by atoms with Crippen LogP contribution in [0.3, 0.4) is 0 Å². The van der Waals surface area contributed by atoms with Gasteiger partial charge < -0.3 is 13.9 Å². The van der Waals surface area contributed by atoms with Crippen molar-refractivity contribution in [2.24, 2.45) is 0 Å². The maximum absolute atomic E-state index is 9.89. The molecular weight excluding hydrogens is 364 g/mol. The predicted molar refractivity (Wildman–Crippen MR) is 116 cm³/mol. The van der Waals surface area contributed by atoms with Gasteiger partial charge in [-0.05, 0) is 27.5 Å². The van der Waals surface area contributed by atoms with Crippen molar-refractivity contribution < 1.29 is 13.9 Å². The molecule has 0 aliphatic heterocycles. The first-order valence-electron chi connectivity index (χ1n) is 9.42. The molecular formula is C24H24O3Si. The minimum Gasteiger partial charge on any atom is -0.534 e. The van der Waals surface area contributed by atoms with Gasteiger partial charge in [0.25, 0.3) is 0 Å². The summed E-state index contributed by atoms with van der Waals surface area (Å²) in [6.07, 6.45) is 1.36. The molecule has 4 aromatic rings. The topological polar surface area (TPSA) is 42.6 Å². The molecule has 0 saturated carbocycles. The van der Waals surface area contributed by atoms with Gasteiger partial charge in [-0.2, -0.15) is 0 Å². The summed E-state index contributed by atoms with van der Waals surface area (Å²) in [6.45, 7) is 6.74. The molecule has 4 heteroatoms. The van der Waals surface area contributed by atoms with Crippen molar-refractivity contribution in [3.8, 4) is 11.5 Å². The van der Waals surface area contributed by atoms with E-state index in [0.29, 0.717) is 11.0 Å². The van der Waals surface area contributed by atoms with E-state index < -0.39 is 8.32 Å². The van der Waals surface area contributed by atoms with Gasteiger partial charge in [0, 0.05) is 6.07 Å². The van der Waals surface area contributed by atoms with Crippen LogP contribution >= 0.6 is 0 Å². The van der Waals surface area contributed by atoms with Gasteiger partial charge in [0.15, 0.2) is 5.75 Å². The Morgan fingerprint density at radius 3 is 1.93 bits per heavy atom. The van der Waals surface area contributed by atoms with E-state index in [1.54, 1.807) is 0 Å². The van der Waals surface area contributed by atoms with Crippen molar-refractivity contribution in [1.82, 2.24) is 0 Å². The monoisotopic (exact) mass is 388 g/mol. The fourth-order valence-electron chi connectivity index (χ4n) is 3.88. The molecule has 0 bridgehead atoms. The molecule has 0 fully saturated rings. The lowest BCUT2D eigenvalue weighted by Gasteiger charge is -2.42. The van der Waals surface area contributed by atoms with Crippen molar-refractivity contribution in [3.63, 3.8) is 0 Å². The summed E-state index contributed by atoms with van der Waals surface area (Å²) in [5, 5.41) is 12.9. The molecule has 0 aliphatic rings. The summed E-state index contributed by atoms with van der Waals surface area (Å²) in [5.74, 6) is 0.892. The number of hydrogen-bond acceptors (Lipinski definition) is 3. The highest BCUT2D eigenvalue weighted by atomic mass is 28.4. The van der Waals surface area contributed by atoms with E-state index >= 15 is 0 Å². The van der Waals surface area contributed by atoms with Crippen LogP contribution in [0.25, 0.3) is 11.0 Å². The molecule has 28 heavy (non-hydrogen) atoms. The van der Waals surface area contributed by atoms with E-state index in [-0.39, 0.29) is 10.8 Å². The molecule has 0 amide bonds. The molecule has 0 radical (unpaired) electrons. The quantitative estimate of drug-likeness (QED) is 0.496. The first kappa shape index (κ1) is 18.4. The lowest BCUT2D eigenvalue weighted by Crippen LogP contribution is -2.68. The van der Waals surface area contributed by atoms with Gasteiger partial charge in [0.1, 0.15) is 17.6 Å². The largest absolute Gasteiger partial charge is 0.534 e. The van der Waals surface area contributed by atoms with Crippen LogP contribution in [0, 0.1) is 0 Å². The van der Waals surface area contributed by atoms with Gasteiger partial charge in [-0.1, -0.05) is 81.4 Å². The molecule has 0 spiro atoms. The van der Waals surface area contributed by atoms with Crippen LogP contribution in [0.4, 0.5) is 0 Å². The van der Waals surface area contributed by atoms with Gasteiger partial charge in [0.05, 0.1) is 5.39 Å². The van der Waals surface area contributed by atoms with Gasteiger partial charge >= 0.3 is 8.32 Å². The average Bonchev–Trinajstić information content (AvgIpc) is 3.07. The summed E-state index contributed by atoms with van der Waals surface area (Å²) in [7, 11) is -2.67. The first-order chi connectivity index (χ1) is 13.4. The smallest absolute Gasteiger partial charge is 0.319 e. The Morgan fingerprint density at radius 1 is 0.821 bits per heavy atom. The summed E-state index contributed by atoms with van der Waals surface area (Å²) >= 11 is 0. The Kier molecular flexibility index (Phi) is 4.51. The Balaban J connectivity index is 1.93. The third-order valence-electron chi connectivity index (χ3n) is 5.21. The van der Waals surface area contributed by atoms with Gasteiger partial charge in [0.2, 0.25) is 0 Å². The van der Waals surface area contributed by atoms with Crippen molar-refractivity contribution in [2.75, 3.05) is 0 Å². The molecule has 142 valence electrons. The minimum absolute atomic E-state index is 0.115. The number of aromatic hydroxyl groups is 1. The maximum atomic E-state index is 9.89. The van der Waals surface area contributed by atoms with Gasteiger partial charge in [-0.15, -0.1) is 0 Å². The second kappa shape index (κ2) is 6.88. The summed E-state index contributed by atoms with van der Waals surface area (Å²) in [5.41, 5.74) is 0.618. The average molecular weight is 389 g/mol. The van der Waals surface area contributed by atoms with Crippen LogP contribution in [-0.4, -0.2) is 13.4 Å². The second-order valence-corrected chi connectivity index (χ2v) is 12.3. The highest BCUT2D eigenvalue weighted by Crippen LogP contribution is 2.38. The van der Waals surface area contributed by atoms with Crippen LogP contribution < -0.4 is 14.8 Å². The van der Waals surface area contributed by atoms with E-state index in [0.717, 1.165) is 5.75 Å². The number of fused-ring (bicyclic) bond motifs is 1. The number of hydrogen-bond donors (Lipinski definition) is 1. The minimum atomic E-state index is -2.67. The van der Waals surface area contributed by atoms with E-state index in [2.05, 4.69) is 69.3 Å². The molecule has 1 aromatic heterocycles. The predicted octanol–water partition coefficient (Wildman–Crippen LogP) is 5.08. The van der Waals surface area contributed by atoms with Crippen molar-refractivity contribution >= 4 is 29.7 Å². The fraction of sp³-hybridized carbons (Fsp3) is 0.167. The molecule has 0 aliphatic carbocycles. The van der Waals surface area contributed by atoms with Crippen molar-refractivity contribution in [3.05, 3.63) is 85.1 Å². The molecule has 0 saturated heterocycles. The first-order valence-corrected chi connectivity index (χ1v) is 11.3. The number of rotatable bonds is 4. The highest BCUT2D eigenvalue weighted by molar-refractivity contribution is 7.00. The summed E-state index contributed by atoms with van der Waals surface area (Å²) in [4.78, 5) is 0. The Morgan fingerprint density at radius 2 is 1.39 bits per heavy atom. The zero-order chi connectivity index (χ0) is 19.8. The maximum Gasteiger partial charge on any atom is 0.319 e. The van der Waals surface area contributed by atoms with E-state index in [9.17, 15) is 5.11 Å². The van der Waals surface area contributed by atoms with Crippen LogP contribution in [0.5, 0.6) is 11.5 Å². The van der Waals surface area contributed by atoms with Gasteiger partial charge in [-0.3, -0.25) is 0 Å². The molecule has 3 nitrogen and oxygen atoms in total. The van der Waals surface area contributed by atoms with E-state index in [1.807, 2.05) is 30.3 Å². The Hall–Kier alpha value is -2.98. The van der Waals surface area contributed by atoms with Crippen LogP contribution in [0.15, 0.2) is 89.5 Å². The molecule has 4 rings (SSSR count). The molecule has 1 heterocycles. The zero-order valence-corrected chi connectivity index (χ0v) is 17.3. The van der Waals surface area contributed by atoms with Gasteiger partial charge in [-0.25, -0.2) is 0 Å². The second-order valence-electron chi connectivity index (χ2n) is 8.04. The van der Waals surface area contributed by atoms with Crippen molar-refractivity contribution in [2.45, 2.75) is 25.8 Å². The lowest BCUT2D eigenvalue weighted by molar-refractivity contribution is 0.464. The zero-order valence-electron chi connectivity index (χ0n) is 16.3.